The van der Waals surface area contributed by atoms with Crippen LogP contribution in [0.3, 0.4) is 0 Å². The first-order chi connectivity index (χ1) is 12.3. The maximum atomic E-state index is 12.8. The standard InChI is InChI=1S/C21H26N2O2/c24-21(11-10-20-9-5-15-25-20)23(17-19-8-4-13-22-16-19)14-12-18-6-2-1-3-7-18/h1-4,6-8,13,16,20H,5,9-12,14-15,17H2. The Morgan fingerprint density at radius 1 is 1.16 bits per heavy atom. The van der Waals surface area contributed by atoms with E-state index in [1.807, 2.05) is 41.4 Å². The molecule has 2 aromatic rings. The van der Waals surface area contributed by atoms with Gasteiger partial charge in [-0.3, -0.25) is 9.78 Å². The molecule has 0 aliphatic carbocycles. The fourth-order valence-corrected chi connectivity index (χ4v) is 3.23. The first kappa shape index (κ1) is 17.6. The van der Waals surface area contributed by atoms with Crippen molar-refractivity contribution < 1.29 is 9.53 Å². The molecule has 4 nitrogen and oxygen atoms in total. The van der Waals surface area contributed by atoms with Crippen molar-refractivity contribution in [2.24, 2.45) is 0 Å². The summed E-state index contributed by atoms with van der Waals surface area (Å²) in [6.45, 7) is 2.18. The Morgan fingerprint density at radius 2 is 2.00 bits per heavy atom. The quantitative estimate of drug-likeness (QED) is 0.738. The third kappa shape index (κ3) is 5.68. The highest BCUT2D eigenvalue weighted by Gasteiger charge is 2.20. The van der Waals surface area contributed by atoms with Crippen LogP contribution in [0.4, 0.5) is 0 Å². The van der Waals surface area contributed by atoms with Gasteiger partial charge in [-0.1, -0.05) is 36.4 Å². The second kappa shape index (κ2) is 9.33. The third-order valence-electron chi connectivity index (χ3n) is 4.67. The second-order valence-electron chi connectivity index (χ2n) is 6.59. The van der Waals surface area contributed by atoms with Gasteiger partial charge in [-0.05, 0) is 42.9 Å². The largest absolute Gasteiger partial charge is 0.378 e. The lowest BCUT2D eigenvalue weighted by atomic mass is 10.1. The van der Waals surface area contributed by atoms with Gasteiger partial charge in [-0.15, -0.1) is 0 Å². The molecule has 0 N–H and O–H groups in total. The monoisotopic (exact) mass is 338 g/mol. The Bertz CT molecular complexity index is 639. The number of amides is 1. The van der Waals surface area contributed by atoms with Gasteiger partial charge in [0.15, 0.2) is 0 Å². The summed E-state index contributed by atoms with van der Waals surface area (Å²) >= 11 is 0. The molecule has 1 aromatic heterocycles. The van der Waals surface area contributed by atoms with Crippen LogP contribution in [-0.2, 0) is 22.5 Å². The average molecular weight is 338 g/mol. The molecule has 25 heavy (non-hydrogen) atoms. The first-order valence-electron chi connectivity index (χ1n) is 9.13. The average Bonchev–Trinajstić information content (AvgIpc) is 3.18. The number of hydrogen-bond donors (Lipinski definition) is 0. The Hall–Kier alpha value is -2.20. The van der Waals surface area contributed by atoms with E-state index in [0.717, 1.165) is 44.4 Å². The van der Waals surface area contributed by atoms with Crippen LogP contribution in [0.5, 0.6) is 0 Å². The molecule has 4 heteroatoms. The molecule has 0 radical (unpaired) electrons. The summed E-state index contributed by atoms with van der Waals surface area (Å²) in [5, 5.41) is 0. The summed E-state index contributed by atoms with van der Waals surface area (Å²) < 4.78 is 5.65. The summed E-state index contributed by atoms with van der Waals surface area (Å²) in [5.41, 5.74) is 2.33. The lowest BCUT2D eigenvalue weighted by Gasteiger charge is -2.23. The van der Waals surface area contributed by atoms with Gasteiger partial charge in [-0.25, -0.2) is 0 Å². The lowest BCUT2D eigenvalue weighted by Crippen LogP contribution is -2.33. The van der Waals surface area contributed by atoms with E-state index in [0.29, 0.717) is 13.0 Å². The molecule has 1 aliphatic rings. The van der Waals surface area contributed by atoms with Crippen molar-refractivity contribution in [1.29, 1.82) is 0 Å². The van der Waals surface area contributed by atoms with Crippen LogP contribution in [0.2, 0.25) is 0 Å². The van der Waals surface area contributed by atoms with Gasteiger partial charge in [0.05, 0.1) is 6.10 Å². The molecule has 1 saturated heterocycles. The minimum Gasteiger partial charge on any atom is -0.378 e. The number of pyridine rings is 1. The molecule has 2 heterocycles. The van der Waals surface area contributed by atoms with Gasteiger partial charge in [0.1, 0.15) is 0 Å². The normalized spacial score (nSPS) is 16.7. The van der Waals surface area contributed by atoms with Crippen LogP contribution in [0.25, 0.3) is 0 Å². The van der Waals surface area contributed by atoms with E-state index in [-0.39, 0.29) is 12.0 Å². The summed E-state index contributed by atoms with van der Waals surface area (Å²) in [4.78, 5) is 18.9. The number of nitrogens with zero attached hydrogens (tertiary/aromatic N) is 2. The van der Waals surface area contributed by atoms with Crippen LogP contribution < -0.4 is 0 Å². The fraction of sp³-hybridized carbons (Fsp3) is 0.429. The van der Waals surface area contributed by atoms with E-state index < -0.39 is 0 Å². The number of rotatable bonds is 8. The lowest BCUT2D eigenvalue weighted by molar-refractivity contribution is -0.132. The number of carbonyl (C=O) groups excluding carboxylic acids is 1. The van der Waals surface area contributed by atoms with Gasteiger partial charge in [0.25, 0.3) is 0 Å². The van der Waals surface area contributed by atoms with Crippen LogP contribution in [-0.4, -0.2) is 35.0 Å². The van der Waals surface area contributed by atoms with E-state index in [2.05, 4.69) is 17.1 Å². The van der Waals surface area contributed by atoms with E-state index in [1.165, 1.54) is 5.56 Å². The minimum absolute atomic E-state index is 0.204. The molecule has 1 amide bonds. The highest BCUT2D eigenvalue weighted by atomic mass is 16.5. The molecule has 1 fully saturated rings. The molecule has 0 spiro atoms. The Kier molecular flexibility index (Phi) is 6.57. The summed E-state index contributed by atoms with van der Waals surface area (Å²) in [6, 6.07) is 14.3. The van der Waals surface area contributed by atoms with E-state index in [9.17, 15) is 4.79 Å². The smallest absolute Gasteiger partial charge is 0.222 e. The van der Waals surface area contributed by atoms with Crippen molar-refractivity contribution in [3.8, 4) is 0 Å². The summed E-state index contributed by atoms with van der Waals surface area (Å²) in [6.07, 6.45) is 8.31. The molecule has 1 aliphatic heterocycles. The SMILES string of the molecule is O=C(CCC1CCCO1)N(CCc1ccccc1)Cc1cccnc1. The van der Waals surface area contributed by atoms with Crippen molar-refractivity contribution in [3.63, 3.8) is 0 Å². The van der Waals surface area contributed by atoms with Crippen molar-refractivity contribution >= 4 is 5.91 Å². The van der Waals surface area contributed by atoms with Gasteiger partial charge in [0.2, 0.25) is 5.91 Å². The zero-order valence-corrected chi connectivity index (χ0v) is 14.6. The van der Waals surface area contributed by atoms with Crippen LogP contribution in [0.15, 0.2) is 54.9 Å². The Balaban J connectivity index is 1.59. The molecule has 1 atom stereocenters. The minimum atomic E-state index is 0.204. The highest BCUT2D eigenvalue weighted by molar-refractivity contribution is 5.76. The van der Waals surface area contributed by atoms with Crippen LogP contribution >= 0.6 is 0 Å². The van der Waals surface area contributed by atoms with Crippen LogP contribution in [0, 0.1) is 0 Å². The maximum Gasteiger partial charge on any atom is 0.222 e. The number of ether oxygens (including phenoxy) is 1. The third-order valence-corrected chi connectivity index (χ3v) is 4.67. The van der Waals surface area contributed by atoms with Gasteiger partial charge >= 0.3 is 0 Å². The van der Waals surface area contributed by atoms with Gasteiger partial charge in [-0.2, -0.15) is 0 Å². The second-order valence-corrected chi connectivity index (χ2v) is 6.59. The number of benzene rings is 1. The highest BCUT2D eigenvalue weighted by Crippen LogP contribution is 2.18. The predicted octanol–water partition coefficient (Wildman–Crippen LogP) is 3.61. The van der Waals surface area contributed by atoms with E-state index in [4.69, 9.17) is 4.74 Å². The van der Waals surface area contributed by atoms with Gasteiger partial charge in [0, 0.05) is 38.5 Å². The van der Waals surface area contributed by atoms with Crippen LogP contribution in [0.1, 0.15) is 36.8 Å². The Morgan fingerprint density at radius 3 is 2.72 bits per heavy atom. The number of aromatic nitrogens is 1. The van der Waals surface area contributed by atoms with Crippen molar-refractivity contribution in [3.05, 3.63) is 66.0 Å². The van der Waals surface area contributed by atoms with Crippen molar-refractivity contribution in [1.82, 2.24) is 9.88 Å². The Labute approximate surface area is 149 Å². The number of hydrogen-bond acceptors (Lipinski definition) is 3. The van der Waals surface area contributed by atoms with Gasteiger partial charge < -0.3 is 9.64 Å². The number of carbonyl (C=O) groups is 1. The zero-order valence-electron chi connectivity index (χ0n) is 14.6. The van der Waals surface area contributed by atoms with Crippen molar-refractivity contribution in [2.75, 3.05) is 13.2 Å². The molecule has 1 unspecified atom stereocenters. The maximum absolute atomic E-state index is 12.8. The molecule has 0 bridgehead atoms. The predicted molar refractivity (Wildman–Crippen MR) is 98.0 cm³/mol. The zero-order chi connectivity index (χ0) is 17.3. The van der Waals surface area contributed by atoms with E-state index in [1.54, 1.807) is 6.20 Å². The summed E-state index contributed by atoms with van der Waals surface area (Å²) in [7, 11) is 0. The van der Waals surface area contributed by atoms with E-state index >= 15 is 0 Å². The topological polar surface area (TPSA) is 42.4 Å². The molecular formula is C21H26N2O2. The molecule has 3 rings (SSSR count). The molecular weight excluding hydrogens is 312 g/mol. The fourth-order valence-electron chi connectivity index (χ4n) is 3.23. The first-order valence-corrected chi connectivity index (χ1v) is 9.13. The molecule has 0 saturated carbocycles. The molecule has 132 valence electrons. The molecule has 1 aromatic carbocycles. The van der Waals surface area contributed by atoms with Crippen molar-refractivity contribution in [2.45, 2.75) is 44.8 Å². The summed E-state index contributed by atoms with van der Waals surface area (Å²) in [5.74, 6) is 0.204.